The van der Waals surface area contributed by atoms with Gasteiger partial charge in [0.05, 0.1) is 24.9 Å². The minimum Gasteiger partial charge on any atom is -0.377 e. The number of aromatic nitrogens is 3. The highest BCUT2D eigenvalue weighted by Gasteiger charge is 2.32. The van der Waals surface area contributed by atoms with Gasteiger partial charge >= 0.3 is 0 Å². The molecule has 0 unspecified atom stereocenters. The molecule has 0 bridgehead atoms. The van der Waals surface area contributed by atoms with E-state index in [2.05, 4.69) is 30.1 Å². The number of ether oxygens (including phenoxy) is 1. The third-order valence-corrected chi connectivity index (χ3v) is 6.04. The number of carbonyl (C=O) groups is 2. The summed E-state index contributed by atoms with van der Waals surface area (Å²) in [4.78, 5) is 40.7. The van der Waals surface area contributed by atoms with E-state index in [4.69, 9.17) is 16.3 Å². The van der Waals surface area contributed by atoms with Crippen molar-refractivity contribution < 1.29 is 23.8 Å². The van der Waals surface area contributed by atoms with E-state index in [1.165, 1.54) is 11.3 Å². The van der Waals surface area contributed by atoms with Gasteiger partial charge in [0.25, 0.3) is 5.91 Å². The van der Waals surface area contributed by atoms with Crippen molar-refractivity contribution in [3.8, 4) is 0 Å². The smallest absolute Gasteiger partial charge is 0.287 e. The van der Waals surface area contributed by atoms with Gasteiger partial charge < -0.3 is 19.9 Å². The number of hydrogen-bond acceptors (Lipinski definition) is 8. The Labute approximate surface area is 182 Å². The Bertz CT molecular complexity index is 862. The van der Waals surface area contributed by atoms with Crippen LogP contribution in [0.4, 0.5) is 9.66 Å². The second-order valence-electron chi connectivity index (χ2n) is 6.51. The highest BCUT2D eigenvalue weighted by atomic mass is 35.5. The minimum absolute atomic E-state index is 0.153. The molecule has 3 heterocycles. The molecule has 2 N–H and O–H groups in total. The van der Waals surface area contributed by atoms with Crippen LogP contribution in [0.1, 0.15) is 45.0 Å². The van der Waals surface area contributed by atoms with Crippen molar-refractivity contribution in [2.75, 3.05) is 32.2 Å². The third-order valence-electron chi connectivity index (χ3n) is 4.68. The van der Waals surface area contributed by atoms with Crippen molar-refractivity contribution >= 4 is 40.3 Å². The first-order chi connectivity index (χ1) is 14.4. The zero-order chi connectivity index (χ0) is 22.3. The highest BCUT2D eigenvalue weighted by molar-refractivity contribution is 7.15. The van der Waals surface area contributed by atoms with Crippen LogP contribution in [0.25, 0.3) is 0 Å². The SMILES string of the molecule is CCc1[nH]c(C(=O)N[C@@H]2CCN(c3nc(C=O)c(C)s3)C[C@@H]2OC)nc1Cl.COF. The lowest BCUT2D eigenvalue weighted by atomic mass is 10.0. The summed E-state index contributed by atoms with van der Waals surface area (Å²) >= 11 is 7.51. The van der Waals surface area contributed by atoms with Gasteiger partial charge in [0, 0.05) is 25.1 Å². The molecule has 166 valence electrons. The molecule has 1 amide bonds. The van der Waals surface area contributed by atoms with E-state index < -0.39 is 0 Å². The lowest BCUT2D eigenvalue weighted by Crippen LogP contribution is -2.55. The molecule has 1 saturated heterocycles. The predicted octanol–water partition coefficient (Wildman–Crippen LogP) is 2.74. The molecular formula is C18H25ClFN5O4S. The van der Waals surface area contributed by atoms with Gasteiger partial charge in [-0.2, -0.15) is 4.94 Å². The Morgan fingerprint density at radius 2 is 2.17 bits per heavy atom. The number of nitrogens with one attached hydrogen (secondary N) is 2. The molecule has 12 heteroatoms. The van der Waals surface area contributed by atoms with Crippen LogP contribution in [0.2, 0.25) is 5.15 Å². The summed E-state index contributed by atoms with van der Waals surface area (Å²) in [6.07, 6.45) is 1.93. The number of halogens is 2. The van der Waals surface area contributed by atoms with Crippen LogP contribution in [0, 0.1) is 6.92 Å². The molecule has 9 nitrogen and oxygen atoms in total. The van der Waals surface area contributed by atoms with Crippen LogP contribution in [0.15, 0.2) is 0 Å². The van der Waals surface area contributed by atoms with E-state index in [9.17, 15) is 14.1 Å². The van der Waals surface area contributed by atoms with E-state index in [1.54, 1.807) is 7.11 Å². The fourth-order valence-corrected chi connectivity index (χ4v) is 4.28. The molecule has 1 aliphatic heterocycles. The maximum Gasteiger partial charge on any atom is 0.287 e. The van der Waals surface area contributed by atoms with Crippen LogP contribution in [0.5, 0.6) is 0 Å². The Morgan fingerprint density at radius 1 is 1.47 bits per heavy atom. The molecule has 0 aliphatic carbocycles. The summed E-state index contributed by atoms with van der Waals surface area (Å²) in [6, 6.07) is -0.153. The largest absolute Gasteiger partial charge is 0.377 e. The monoisotopic (exact) mass is 461 g/mol. The molecule has 0 spiro atoms. The summed E-state index contributed by atoms with van der Waals surface area (Å²) in [5, 5.41) is 4.11. The number of aldehydes is 1. The van der Waals surface area contributed by atoms with E-state index >= 15 is 0 Å². The van der Waals surface area contributed by atoms with Gasteiger partial charge in [0.15, 0.2) is 22.4 Å². The van der Waals surface area contributed by atoms with Gasteiger partial charge in [-0.3, -0.25) is 9.59 Å². The van der Waals surface area contributed by atoms with Crippen molar-refractivity contribution in [1.82, 2.24) is 20.3 Å². The molecule has 2 aromatic heterocycles. The lowest BCUT2D eigenvalue weighted by Gasteiger charge is -2.37. The quantitative estimate of drug-likeness (QED) is 0.636. The van der Waals surface area contributed by atoms with E-state index in [-0.39, 0.29) is 23.9 Å². The fourth-order valence-electron chi connectivity index (χ4n) is 3.10. The van der Waals surface area contributed by atoms with Gasteiger partial charge in [0.1, 0.15) is 5.69 Å². The number of methoxy groups -OCH3 is 1. The number of aromatic amines is 1. The van der Waals surface area contributed by atoms with E-state index in [0.717, 1.165) is 29.1 Å². The zero-order valence-electron chi connectivity index (χ0n) is 17.2. The summed E-state index contributed by atoms with van der Waals surface area (Å²) < 4.78 is 15.4. The number of amides is 1. The molecule has 0 saturated carbocycles. The normalized spacial score (nSPS) is 18.5. The number of carbonyl (C=O) groups excluding carboxylic acids is 2. The van der Waals surface area contributed by atoms with Crippen molar-refractivity contribution in [3.05, 3.63) is 27.2 Å². The van der Waals surface area contributed by atoms with Crippen LogP contribution >= 0.6 is 22.9 Å². The fraction of sp³-hybridized carbons (Fsp3) is 0.556. The summed E-state index contributed by atoms with van der Waals surface area (Å²) in [7, 11) is 2.58. The van der Waals surface area contributed by atoms with Crippen LogP contribution in [-0.2, 0) is 16.1 Å². The first kappa shape index (κ1) is 24.2. The Balaban J connectivity index is 0.00000101. The number of hydrogen-bond donors (Lipinski definition) is 2. The second-order valence-corrected chi connectivity index (χ2v) is 8.05. The van der Waals surface area contributed by atoms with Gasteiger partial charge in [-0.15, -0.1) is 11.3 Å². The number of piperidine rings is 1. The average Bonchev–Trinajstić information content (AvgIpc) is 3.30. The molecular weight excluding hydrogens is 437 g/mol. The molecule has 1 fully saturated rings. The summed E-state index contributed by atoms with van der Waals surface area (Å²) in [5.41, 5.74) is 1.21. The predicted molar refractivity (Wildman–Crippen MR) is 112 cm³/mol. The maximum absolute atomic E-state index is 12.5. The summed E-state index contributed by atoms with van der Waals surface area (Å²) in [6.45, 7) is 5.10. The highest BCUT2D eigenvalue weighted by Crippen LogP contribution is 2.28. The molecule has 0 aromatic carbocycles. The third kappa shape index (κ3) is 5.75. The van der Waals surface area contributed by atoms with Crippen molar-refractivity contribution in [2.24, 2.45) is 0 Å². The number of imidazole rings is 1. The number of H-pyrrole nitrogens is 1. The molecule has 2 aromatic rings. The topological polar surface area (TPSA) is 109 Å². The standard InChI is InChI=1S/C17H22ClN5O3S.CH3FO/c1-4-10-14(18)22-15(19-10)16(25)20-11-5-6-23(7-13(11)26-3)17-21-12(8-24)9(2)27-17;1-3-2/h8,11,13H,4-7H2,1-3H3,(H,19,22)(H,20,25);1H3/t11-,13+;/m1./s1. The number of nitrogens with zero attached hydrogens (tertiary/aromatic N) is 3. The van der Waals surface area contributed by atoms with E-state index in [1.807, 2.05) is 13.8 Å². The van der Waals surface area contributed by atoms with Gasteiger partial charge in [0.2, 0.25) is 0 Å². The second kappa shape index (κ2) is 11.3. The van der Waals surface area contributed by atoms with Gasteiger partial charge in [-0.25, -0.2) is 9.97 Å². The molecule has 3 rings (SSSR count). The van der Waals surface area contributed by atoms with Crippen molar-refractivity contribution in [1.29, 1.82) is 0 Å². The molecule has 2 atom stereocenters. The number of thiazole rings is 1. The number of anilines is 1. The van der Waals surface area contributed by atoms with Crippen molar-refractivity contribution in [3.63, 3.8) is 0 Å². The van der Waals surface area contributed by atoms with E-state index in [0.29, 0.717) is 36.8 Å². The van der Waals surface area contributed by atoms with Crippen LogP contribution in [-0.4, -0.2) is 66.6 Å². The average molecular weight is 462 g/mol. The van der Waals surface area contributed by atoms with Gasteiger partial charge in [-0.1, -0.05) is 18.5 Å². The number of aryl methyl sites for hydroxylation is 2. The molecule has 30 heavy (non-hydrogen) atoms. The Hall–Kier alpha value is -2.08. The maximum atomic E-state index is 12.5. The van der Waals surface area contributed by atoms with Crippen molar-refractivity contribution in [2.45, 2.75) is 38.8 Å². The zero-order valence-corrected chi connectivity index (χ0v) is 18.8. The minimum atomic E-state index is -0.301. The summed E-state index contributed by atoms with van der Waals surface area (Å²) in [5.74, 6) is -0.0919. The first-order valence-corrected chi connectivity index (χ1v) is 10.5. The van der Waals surface area contributed by atoms with Crippen LogP contribution < -0.4 is 10.2 Å². The molecule has 1 aliphatic rings. The Morgan fingerprint density at radius 3 is 2.70 bits per heavy atom. The van der Waals surface area contributed by atoms with Gasteiger partial charge in [-0.05, 0) is 24.3 Å². The molecule has 0 radical (unpaired) electrons. The first-order valence-electron chi connectivity index (χ1n) is 9.28. The Kier molecular flexibility index (Phi) is 9.15. The lowest BCUT2D eigenvalue weighted by molar-refractivity contribution is -0.0960. The van der Waals surface area contributed by atoms with Crippen LogP contribution in [0.3, 0.4) is 0 Å². The number of rotatable bonds is 6.